The summed E-state index contributed by atoms with van der Waals surface area (Å²) in [5.74, 6) is 2.69. The summed E-state index contributed by atoms with van der Waals surface area (Å²) in [6, 6.07) is 0. The topological polar surface area (TPSA) is 74.7 Å². The molecule has 0 amide bonds. The average molecular weight is 758 g/mol. The van der Waals surface area contributed by atoms with E-state index in [1.165, 1.54) is 118 Å². The zero-order valence-electron chi connectivity index (χ0n) is 34.6. The van der Waals surface area contributed by atoms with Crippen molar-refractivity contribution in [2.45, 2.75) is 143 Å². The molecule has 2 heterocycles. The molecule has 1 aromatic heterocycles. The van der Waals surface area contributed by atoms with Gasteiger partial charge in [-0.15, -0.1) is 0 Å². The summed E-state index contributed by atoms with van der Waals surface area (Å²) in [6.45, 7) is 25.4. The number of nitrogens with zero attached hydrogens (tertiary/aromatic N) is 2. The van der Waals surface area contributed by atoms with E-state index in [9.17, 15) is 9.90 Å². The van der Waals surface area contributed by atoms with Crippen molar-refractivity contribution in [3.05, 3.63) is 47.0 Å². The summed E-state index contributed by atoms with van der Waals surface area (Å²) in [4.78, 5) is 19.6. The van der Waals surface area contributed by atoms with Crippen LogP contribution in [0.5, 0.6) is 5.19 Å². The van der Waals surface area contributed by atoms with Crippen molar-refractivity contribution in [1.82, 2.24) is 15.2 Å². The van der Waals surface area contributed by atoms with Crippen molar-refractivity contribution >= 4 is 17.3 Å². The van der Waals surface area contributed by atoms with Crippen LogP contribution in [0.2, 0.25) is 0 Å². The van der Waals surface area contributed by atoms with E-state index in [4.69, 9.17) is 4.74 Å². The largest absolute Gasteiger partial charge is 0.481 e. The van der Waals surface area contributed by atoms with E-state index in [1.807, 2.05) is 5.38 Å². The summed E-state index contributed by atoms with van der Waals surface area (Å²) in [5, 5.41) is 17.2. The van der Waals surface area contributed by atoms with Gasteiger partial charge in [0.1, 0.15) is 12.0 Å². The number of aliphatic carboxylic acids is 1. The van der Waals surface area contributed by atoms with Crippen LogP contribution in [0, 0.1) is 56.7 Å². The SMILES string of the molecule is C=C(C)[C@@H]1CC[C@]2(NCCN3CCCCC3)CC[C@]3(C)[C@H](CC[C@@H]4[C@@]5(C)CC=C(C6=CCC(COc7nccs7)(C(=O)O)CC6)C(C)(C)[C@@H]5CC[C@]43C)[C@@H]12. The first kappa shape index (κ1) is 38.9. The highest BCUT2D eigenvalue weighted by atomic mass is 32.1. The van der Waals surface area contributed by atoms with Gasteiger partial charge < -0.3 is 20.1 Å². The summed E-state index contributed by atoms with van der Waals surface area (Å²) >= 11 is 1.42. The van der Waals surface area contributed by atoms with Crippen LogP contribution in [-0.4, -0.2) is 59.3 Å². The Balaban J connectivity index is 1.03. The number of thiazole rings is 1. The second-order valence-electron chi connectivity index (χ2n) is 20.8. The van der Waals surface area contributed by atoms with Crippen molar-refractivity contribution in [3.8, 4) is 5.19 Å². The van der Waals surface area contributed by atoms with Crippen molar-refractivity contribution in [2.75, 3.05) is 32.8 Å². The predicted molar refractivity (Wildman–Crippen MR) is 221 cm³/mol. The molecule has 6 aliphatic carbocycles. The molecule has 10 atom stereocenters. The molecule has 4 saturated carbocycles. The normalized spacial score (nSPS) is 43.1. The van der Waals surface area contributed by atoms with Gasteiger partial charge in [0, 0.05) is 30.2 Å². The van der Waals surface area contributed by atoms with E-state index >= 15 is 0 Å². The van der Waals surface area contributed by atoms with Gasteiger partial charge >= 0.3 is 5.97 Å². The van der Waals surface area contributed by atoms with E-state index in [0.717, 1.165) is 25.3 Å². The highest BCUT2D eigenvalue weighted by Gasteiger charge is 2.70. The number of carboxylic acid groups (broad SMARTS) is 1. The number of fused-ring (bicyclic) bond motifs is 7. The van der Waals surface area contributed by atoms with Crippen LogP contribution in [0.1, 0.15) is 138 Å². The fourth-order valence-corrected chi connectivity index (χ4v) is 15.7. The Morgan fingerprint density at radius 3 is 2.44 bits per heavy atom. The number of ether oxygens (including phenoxy) is 1. The zero-order chi connectivity index (χ0) is 38.1. The van der Waals surface area contributed by atoms with Crippen LogP contribution in [0.4, 0.5) is 0 Å². The third-order valence-corrected chi connectivity index (χ3v) is 19.0. The Kier molecular flexibility index (Phi) is 10.2. The fourth-order valence-electron chi connectivity index (χ4n) is 15.3. The summed E-state index contributed by atoms with van der Waals surface area (Å²) in [7, 11) is 0. The second kappa shape index (κ2) is 14.1. The lowest BCUT2D eigenvalue weighted by atomic mass is 9.33. The molecule has 0 aromatic carbocycles. The predicted octanol–water partition coefficient (Wildman–Crippen LogP) is 10.7. The Morgan fingerprint density at radius 1 is 0.963 bits per heavy atom. The third kappa shape index (κ3) is 6.05. The Labute approximate surface area is 331 Å². The zero-order valence-corrected chi connectivity index (χ0v) is 35.4. The summed E-state index contributed by atoms with van der Waals surface area (Å²) < 4.78 is 5.92. The van der Waals surface area contributed by atoms with Gasteiger partial charge in [0.05, 0.1) is 0 Å². The third-order valence-electron chi connectivity index (χ3n) is 18.3. The van der Waals surface area contributed by atoms with Gasteiger partial charge in [-0.25, -0.2) is 4.98 Å². The first-order chi connectivity index (χ1) is 25.7. The van der Waals surface area contributed by atoms with Crippen molar-refractivity contribution in [2.24, 2.45) is 56.7 Å². The van der Waals surface area contributed by atoms with Crippen LogP contribution < -0.4 is 10.1 Å². The smallest absolute Gasteiger partial charge is 0.313 e. The standard InChI is InChI=1S/C47H71N3O3S/c1-32(2)34-15-22-47(49-25-29-50-27-9-8-10-28-50)24-23-44(6)36(39(34)47)11-12-38-43(5)18-16-35(42(3,4)37(43)17-19-45(38,44)7)33-13-20-46(21-14-33,40(51)52)31-53-41-48-26-30-54-41/h13,16,26,30,34,36-39,49H,1,8-12,14-15,17-25,27-29,31H2,2-7H3,(H,51,52)/t34-,36+,37-,38+,39+,43-,44+,45+,46?,47-/m0/s1. The summed E-state index contributed by atoms with van der Waals surface area (Å²) in [5.41, 5.74) is 4.68. The molecule has 0 radical (unpaired) electrons. The monoisotopic (exact) mass is 758 g/mol. The average Bonchev–Trinajstić information content (AvgIpc) is 3.81. The van der Waals surface area contributed by atoms with Gasteiger partial charge in [0.25, 0.3) is 5.19 Å². The molecule has 8 rings (SSSR count). The van der Waals surface area contributed by atoms with Gasteiger partial charge in [-0.2, -0.15) is 0 Å². The van der Waals surface area contributed by atoms with Gasteiger partial charge in [-0.3, -0.25) is 4.79 Å². The number of allylic oxidation sites excluding steroid dienone is 5. The molecular formula is C47H71N3O3S. The molecular weight excluding hydrogens is 687 g/mol. The number of nitrogens with one attached hydrogen (secondary N) is 1. The van der Waals surface area contributed by atoms with Gasteiger partial charge in [0.15, 0.2) is 0 Å². The molecule has 298 valence electrons. The molecule has 7 aliphatic rings. The molecule has 2 N–H and O–H groups in total. The first-order valence-corrected chi connectivity index (χ1v) is 22.9. The molecule has 0 spiro atoms. The Morgan fingerprint density at radius 2 is 1.76 bits per heavy atom. The molecule has 1 saturated heterocycles. The Hall–Kier alpha value is -1.96. The van der Waals surface area contributed by atoms with E-state index in [0.29, 0.717) is 52.5 Å². The lowest BCUT2D eigenvalue weighted by molar-refractivity contribution is -0.221. The van der Waals surface area contributed by atoms with Gasteiger partial charge in [-0.05, 0) is 172 Å². The molecule has 1 aromatic rings. The number of carboxylic acids is 1. The number of likely N-dealkylation sites (tertiary alicyclic amines) is 1. The lowest BCUT2D eigenvalue weighted by Crippen LogP contribution is -2.68. The lowest BCUT2D eigenvalue weighted by Gasteiger charge is -2.72. The number of hydrogen-bond donors (Lipinski definition) is 2. The maximum absolute atomic E-state index is 12.7. The molecule has 54 heavy (non-hydrogen) atoms. The molecule has 1 aliphatic heterocycles. The van der Waals surface area contributed by atoms with Crippen molar-refractivity contribution in [3.63, 3.8) is 0 Å². The van der Waals surface area contributed by atoms with Gasteiger partial charge in [0.2, 0.25) is 0 Å². The number of piperidine rings is 1. The van der Waals surface area contributed by atoms with E-state index in [1.54, 1.807) is 6.20 Å². The number of aromatic nitrogens is 1. The first-order valence-electron chi connectivity index (χ1n) is 22.0. The van der Waals surface area contributed by atoms with Crippen LogP contribution in [0.15, 0.2) is 47.0 Å². The van der Waals surface area contributed by atoms with E-state index in [-0.39, 0.29) is 23.0 Å². The summed E-state index contributed by atoms with van der Waals surface area (Å²) in [6.07, 6.45) is 24.5. The minimum atomic E-state index is -0.896. The van der Waals surface area contributed by atoms with E-state index < -0.39 is 11.4 Å². The molecule has 5 fully saturated rings. The molecule has 1 unspecified atom stereocenters. The number of carbonyl (C=O) groups is 1. The van der Waals surface area contributed by atoms with E-state index in [2.05, 4.69) is 75.5 Å². The quantitative estimate of drug-likeness (QED) is 0.232. The van der Waals surface area contributed by atoms with Crippen LogP contribution in [-0.2, 0) is 4.79 Å². The van der Waals surface area contributed by atoms with Crippen LogP contribution in [0.3, 0.4) is 0 Å². The number of rotatable bonds is 10. The minimum Gasteiger partial charge on any atom is -0.481 e. The highest BCUT2D eigenvalue weighted by Crippen LogP contribution is 2.76. The Bertz CT molecular complexity index is 1640. The highest BCUT2D eigenvalue weighted by molar-refractivity contribution is 7.11. The van der Waals surface area contributed by atoms with Crippen LogP contribution >= 0.6 is 11.3 Å². The molecule has 0 bridgehead atoms. The second-order valence-corrected chi connectivity index (χ2v) is 21.7. The number of hydrogen-bond acceptors (Lipinski definition) is 6. The minimum absolute atomic E-state index is 0.0506. The maximum atomic E-state index is 12.7. The fraction of sp³-hybridized carbons (Fsp3) is 0.787. The van der Waals surface area contributed by atoms with Crippen LogP contribution in [0.25, 0.3) is 0 Å². The maximum Gasteiger partial charge on any atom is 0.313 e. The van der Waals surface area contributed by atoms with Gasteiger partial charge in [-0.1, -0.05) is 76.7 Å². The van der Waals surface area contributed by atoms with Crippen molar-refractivity contribution in [1.29, 1.82) is 0 Å². The van der Waals surface area contributed by atoms with Crippen molar-refractivity contribution < 1.29 is 14.6 Å². The molecule has 6 nitrogen and oxygen atoms in total. The molecule has 7 heteroatoms.